The van der Waals surface area contributed by atoms with Gasteiger partial charge in [-0.2, -0.15) is 0 Å². The molecule has 0 atom stereocenters. The van der Waals surface area contributed by atoms with Gasteiger partial charge in [0, 0.05) is 91.2 Å². The summed E-state index contributed by atoms with van der Waals surface area (Å²) >= 11 is 0. The molecular weight excluding hydrogens is 1270 g/mol. The van der Waals surface area contributed by atoms with Crippen LogP contribution in [-0.2, 0) is 43.3 Å². The number of hydrogen-bond acceptors (Lipinski definition) is 6. The molecule has 0 bridgehead atoms. The van der Waals surface area contributed by atoms with Crippen LogP contribution in [0, 0.1) is 0 Å². The maximum absolute atomic E-state index is 5.55. The van der Waals surface area contributed by atoms with E-state index in [1.54, 1.807) is 0 Å². The summed E-state index contributed by atoms with van der Waals surface area (Å²) in [4.78, 5) is 27.0. The van der Waals surface area contributed by atoms with Crippen LogP contribution in [0.1, 0.15) is 211 Å². The molecule has 0 aliphatic carbocycles. The van der Waals surface area contributed by atoms with Crippen molar-refractivity contribution in [1.29, 1.82) is 0 Å². The lowest BCUT2D eigenvalue weighted by Gasteiger charge is -2.43. The van der Waals surface area contributed by atoms with Crippen molar-refractivity contribution in [3.63, 3.8) is 0 Å². The van der Waals surface area contributed by atoms with E-state index in [0.717, 1.165) is 78.4 Å². The lowest BCUT2D eigenvalue weighted by Crippen LogP contribution is -2.61. The van der Waals surface area contributed by atoms with E-state index in [1.807, 2.05) is 0 Å². The van der Waals surface area contributed by atoms with Gasteiger partial charge < -0.3 is 13.7 Å². The lowest BCUT2D eigenvalue weighted by molar-refractivity contribution is 0.584. The molecule has 5 aromatic heterocycles. The molecule has 0 saturated carbocycles. The molecule has 0 N–H and O–H groups in total. The van der Waals surface area contributed by atoms with Gasteiger partial charge in [0.1, 0.15) is 0 Å². The number of rotatable bonds is 5. The van der Waals surface area contributed by atoms with Gasteiger partial charge in [0.25, 0.3) is 6.71 Å². The molecule has 0 amide bonds. The largest absolute Gasteiger partial charge is 0.309 e. The molecular formula is C94H102BN9. The van der Waals surface area contributed by atoms with Crippen molar-refractivity contribution >= 4 is 123 Å². The predicted molar refractivity (Wildman–Crippen MR) is 444 cm³/mol. The summed E-state index contributed by atoms with van der Waals surface area (Å²) in [5, 5.41) is 7.29. The van der Waals surface area contributed by atoms with E-state index in [1.165, 1.54) is 87.8 Å². The minimum atomic E-state index is -0.299. The van der Waals surface area contributed by atoms with Crippen molar-refractivity contribution in [3.05, 3.63) is 227 Å². The van der Waals surface area contributed by atoms with Crippen molar-refractivity contribution in [3.8, 4) is 17.1 Å². The highest BCUT2D eigenvalue weighted by Gasteiger charge is 2.46. The van der Waals surface area contributed by atoms with E-state index in [4.69, 9.17) is 19.9 Å². The third-order valence-corrected chi connectivity index (χ3v) is 22.7. The predicted octanol–water partition coefficient (Wildman–Crippen LogP) is 23.0. The second-order valence-corrected chi connectivity index (χ2v) is 38.4. The van der Waals surface area contributed by atoms with E-state index in [0.29, 0.717) is 11.9 Å². The Bertz CT molecular complexity index is 5380. The van der Waals surface area contributed by atoms with Gasteiger partial charge in [0.2, 0.25) is 11.9 Å². The first kappa shape index (κ1) is 68.6. The third-order valence-electron chi connectivity index (χ3n) is 22.7. The lowest BCUT2D eigenvalue weighted by atomic mass is 9.33. The van der Waals surface area contributed by atoms with Gasteiger partial charge in [-0.1, -0.05) is 251 Å². The van der Waals surface area contributed by atoms with Crippen LogP contribution in [-0.4, -0.2) is 40.3 Å². The Morgan fingerprint density at radius 2 is 0.452 bits per heavy atom. The zero-order valence-corrected chi connectivity index (χ0v) is 65.9. The third kappa shape index (κ3) is 11.2. The number of nitrogens with zero attached hydrogens (tertiary/aromatic N) is 9. The number of fused-ring (bicyclic) bond motifs is 13. The van der Waals surface area contributed by atoms with Gasteiger partial charge in [-0.15, -0.1) is 0 Å². The van der Waals surface area contributed by atoms with E-state index < -0.39 is 0 Å². The molecule has 526 valence electrons. The Labute approximate surface area is 616 Å². The van der Waals surface area contributed by atoms with E-state index in [-0.39, 0.29) is 50.0 Å². The summed E-state index contributed by atoms with van der Waals surface area (Å²) in [6.07, 6.45) is 8.20. The fraction of sp³-hybridized carbons (Fsp3) is 0.340. The molecule has 0 spiro atoms. The summed E-state index contributed by atoms with van der Waals surface area (Å²) in [6.45, 7) is 54.9. The number of hydrogen-bond donors (Lipinski definition) is 0. The monoisotopic (exact) mass is 1370 g/mol. The van der Waals surface area contributed by atoms with Crippen molar-refractivity contribution in [2.75, 3.05) is 9.80 Å². The highest BCUT2D eigenvalue weighted by Crippen LogP contribution is 2.49. The van der Waals surface area contributed by atoms with Gasteiger partial charge >= 0.3 is 0 Å². The molecule has 14 aromatic rings. The Kier molecular flexibility index (Phi) is 15.1. The Morgan fingerprint density at radius 3 is 0.683 bits per heavy atom. The topological polar surface area (TPSA) is 72.8 Å². The van der Waals surface area contributed by atoms with Crippen LogP contribution in [0.4, 0.5) is 34.6 Å². The first-order valence-corrected chi connectivity index (χ1v) is 37.6. The Balaban J connectivity index is 1.08. The maximum Gasteiger partial charge on any atom is 0.252 e. The van der Waals surface area contributed by atoms with Crippen LogP contribution < -0.4 is 26.2 Å². The summed E-state index contributed by atoms with van der Waals surface area (Å²) in [5.74, 6) is 1.17. The quantitative estimate of drug-likeness (QED) is 0.160. The van der Waals surface area contributed by atoms with Gasteiger partial charge in [-0.25, -0.2) is 19.9 Å². The van der Waals surface area contributed by atoms with Crippen LogP contribution in [0.5, 0.6) is 0 Å². The Hall–Kier alpha value is -9.80. The minimum Gasteiger partial charge on any atom is -0.309 e. The van der Waals surface area contributed by atoms with Crippen molar-refractivity contribution in [2.45, 2.75) is 209 Å². The second kappa shape index (κ2) is 22.9. The summed E-state index contributed by atoms with van der Waals surface area (Å²) in [7, 11) is 0. The zero-order chi connectivity index (χ0) is 74.0. The molecule has 16 rings (SSSR count). The molecule has 0 radical (unpaired) electrons. The molecule has 9 nitrogen and oxygen atoms in total. The average Bonchev–Trinajstić information content (AvgIpc) is 0.829. The number of aromatic nitrogens is 7. The smallest absolute Gasteiger partial charge is 0.252 e. The molecule has 0 fully saturated rings. The number of anilines is 6. The van der Waals surface area contributed by atoms with Gasteiger partial charge in [0.05, 0.1) is 38.8 Å². The van der Waals surface area contributed by atoms with Crippen LogP contribution in [0.15, 0.2) is 183 Å². The molecule has 7 heterocycles. The first-order chi connectivity index (χ1) is 48.6. The second-order valence-electron chi connectivity index (χ2n) is 38.4. The van der Waals surface area contributed by atoms with Crippen molar-refractivity contribution in [2.24, 2.45) is 0 Å². The number of benzene rings is 9. The molecule has 0 unspecified atom stereocenters. The fourth-order valence-corrected chi connectivity index (χ4v) is 16.1. The minimum absolute atomic E-state index is 0.0958. The fourth-order valence-electron chi connectivity index (χ4n) is 16.1. The van der Waals surface area contributed by atoms with Crippen molar-refractivity contribution < 1.29 is 0 Å². The van der Waals surface area contributed by atoms with E-state index >= 15 is 0 Å². The van der Waals surface area contributed by atoms with Crippen LogP contribution in [0.2, 0.25) is 0 Å². The summed E-state index contributed by atoms with van der Waals surface area (Å²) in [6, 6.07) is 62.3. The summed E-state index contributed by atoms with van der Waals surface area (Å²) < 4.78 is 7.63. The van der Waals surface area contributed by atoms with Gasteiger partial charge in [-0.05, 0) is 177 Å². The highest BCUT2D eigenvalue weighted by atomic mass is 15.3. The first-order valence-electron chi connectivity index (χ1n) is 37.6. The standard InChI is InChI=1S/C94H102BN9/c1-87(2,3)55-25-33-66-67-34-26-56(88(4,5)6)42-75(67)100(74(66)41-55)63-31-39-72-80(47-63)103(85-96-51-61(52-97-85)93(19,20)21)82-49-65(102-78-45-59(91(13,14)15)29-37-70(78)71-38-30-60(46-79(71)102)92(16,17)18)50-83-84(82)95(72)73-40-32-64(48-81(73)104(83)86-98-53-62(54-99-86)94(22,23)24)101-76-43-57(89(7,8)9)27-35-68(76)69-36-28-58(44-77(69)101)90(10,11)12/h25-54H,1-24H3. The molecule has 2 aliphatic rings. The molecule has 2 aliphatic heterocycles. The Morgan fingerprint density at radius 1 is 0.231 bits per heavy atom. The highest BCUT2D eigenvalue weighted by molar-refractivity contribution is 7.00. The van der Waals surface area contributed by atoms with Gasteiger partial charge in [-0.3, -0.25) is 9.80 Å². The van der Waals surface area contributed by atoms with Crippen LogP contribution >= 0.6 is 0 Å². The van der Waals surface area contributed by atoms with Crippen LogP contribution in [0.3, 0.4) is 0 Å². The maximum atomic E-state index is 5.55. The molecule has 9 aromatic carbocycles. The zero-order valence-electron chi connectivity index (χ0n) is 65.9. The van der Waals surface area contributed by atoms with E-state index in [2.05, 4.69) is 372 Å². The van der Waals surface area contributed by atoms with Gasteiger partial charge in [0.15, 0.2) is 0 Å². The SMILES string of the molecule is CC(C)(C)c1cnc(N2c3cc(-n4c5cc(C(C)(C)C)ccc5c5ccc(C(C)(C)C)cc54)ccc3B3c4ccc(-n5c6cc(C(C)(C)C)ccc6c6ccc(C(C)(C)C)cc65)cc4N(c4ncc(C(C)(C)C)cn4)c4cc(-n5c6cc(C(C)(C)C)ccc6c6ccc(C(C)(C)C)cc65)cc2c43)nc1. The summed E-state index contributed by atoms with van der Waals surface area (Å²) in [5.41, 5.74) is 26.2. The van der Waals surface area contributed by atoms with Crippen molar-refractivity contribution in [1.82, 2.24) is 33.6 Å². The average molecular weight is 1370 g/mol. The normalized spacial score (nSPS) is 14.1. The molecule has 0 saturated heterocycles. The molecule has 104 heavy (non-hydrogen) atoms. The molecule has 10 heteroatoms. The van der Waals surface area contributed by atoms with E-state index in [9.17, 15) is 0 Å². The van der Waals surface area contributed by atoms with Crippen LogP contribution in [0.25, 0.3) is 82.5 Å².